The zero-order chi connectivity index (χ0) is 14.6. The number of aliphatic hydroxyl groups excluding tert-OH is 1. The molecule has 0 saturated carbocycles. The third-order valence-corrected chi connectivity index (χ3v) is 3.22. The van der Waals surface area contributed by atoms with Gasteiger partial charge in [-0.1, -0.05) is 11.8 Å². The first-order valence-electron chi connectivity index (χ1n) is 6.61. The summed E-state index contributed by atoms with van der Waals surface area (Å²) in [7, 11) is 0. The molecule has 1 aromatic heterocycles. The van der Waals surface area contributed by atoms with Crippen molar-refractivity contribution in [2.45, 2.75) is 19.3 Å². The Balaban J connectivity index is 2.40. The number of carbonyl (C=O) groups excluding carboxylic acids is 1. The number of amides is 1. The first-order valence-corrected chi connectivity index (χ1v) is 8.00. The minimum Gasteiger partial charge on any atom is -0.395 e. The molecule has 1 aromatic rings. The van der Waals surface area contributed by atoms with Crippen LogP contribution in [0.1, 0.15) is 35.3 Å². The number of nitrogens with zero attached hydrogens (tertiary/aromatic N) is 1. The van der Waals surface area contributed by atoms with Crippen molar-refractivity contribution in [3.05, 3.63) is 29.6 Å². The first-order chi connectivity index (χ1) is 9.77. The summed E-state index contributed by atoms with van der Waals surface area (Å²) in [5.41, 5.74) is 1.15. The Labute approximate surface area is 124 Å². The van der Waals surface area contributed by atoms with E-state index in [1.165, 1.54) is 0 Å². The van der Waals surface area contributed by atoms with E-state index in [1.807, 2.05) is 11.8 Å². The summed E-state index contributed by atoms with van der Waals surface area (Å²) in [6, 6.07) is 3.43. The number of pyridine rings is 1. The van der Waals surface area contributed by atoms with Gasteiger partial charge in [-0.25, -0.2) is 4.98 Å². The monoisotopic (exact) mass is 292 g/mol. The fourth-order valence-electron chi connectivity index (χ4n) is 1.49. The van der Waals surface area contributed by atoms with E-state index in [1.54, 1.807) is 18.3 Å². The smallest absolute Gasteiger partial charge is 0.269 e. The lowest BCUT2D eigenvalue weighted by atomic mass is 10.2. The van der Waals surface area contributed by atoms with E-state index in [0.29, 0.717) is 18.7 Å². The molecule has 0 bridgehead atoms. The van der Waals surface area contributed by atoms with E-state index in [0.717, 1.165) is 24.2 Å². The number of unbranched alkanes of at least 4 members (excludes halogenated alkanes) is 1. The van der Waals surface area contributed by atoms with E-state index in [9.17, 15) is 4.79 Å². The Kier molecular flexibility index (Phi) is 8.52. The van der Waals surface area contributed by atoms with Gasteiger partial charge in [0, 0.05) is 24.7 Å². The number of aliphatic hydroxyl groups is 1. The van der Waals surface area contributed by atoms with Crippen LogP contribution in [0.5, 0.6) is 0 Å². The average Bonchev–Trinajstić information content (AvgIpc) is 2.48. The highest BCUT2D eigenvalue weighted by Gasteiger charge is 2.05. The number of hydrogen-bond acceptors (Lipinski definition) is 4. The lowest BCUT2D eigenvalue weighted by Gasteiger charge is -2.04. The highest BCUT2D eigenvalue weighted by molar-refractivity contribution is 7.98. The van der Waals surface area contributed by atoms with Crippen molar-refractivity contribution in [2.24, 2.45) is 0 Å². The number of thioether (sulfide) groups is 1. The summed E-state index contributed by atoms with van der Waals surface area (Å²) < 4.78 is 0. The molecule has 0 radical (unpaired) electrons. The summed E-state index contributed by atoms with van der Waals surface area (Å²) in [6.07, 6.45) is 6.18. The predicted octanol–water partition coefficient (Wildman–Crippen LogP) is 1.69. The van der Waals surface area contributed by atoms with Gasteiger partial charge in [0.25, 0.3) is 5.91 Å². The van der Waals surface area contributed by atoms with Crippen molar-refractivity contribution in [3.63, 3.8) is 0 Å². The lowest BCUT2D eigenvalue weighted by Crippen LogP contribution is -2.25. The highest BCUT2D eigenvalue weighted by atomic mass is 32.2. The molecule has 1 amide bonds. The van der Waals surface area contributed by atoms with Crippen LogP contribution in [0.4, 0.5) is 0 Å². The maximum absolute atomic E-state index is 11.8. The van der Waals surface area contributed by atoms with Crippen LogP contribution >= 0.6 is 11.8 Å². The molecule has 0 aliphatic heterocycles. The molecule has 0 aliphatic carbocycles. The molecule has 0 aliphatic rings. The van der Waals surface area contributed by atoms with Crippen molar-refractivity contribution in [3.8, 4) is 11.8 Å². The van der Waals surface area contributed by atoms with E-state index >= 15 is 0 Å². The Morgan fingerprint density at radius 1 is 1.45 bits per heavy atom. The van der Waals surface area contributed by atoms with Gasteiger partial charge in [0.2, 0.25) is 0 Å². The number of nitrogens with one attached hydrogen (secondary N) is 1. The molecule has 0 saturated heterocycles. The van der Waals surface area contributed by atoms with E-state index < -0.39 is 0 Å². The third-order valence-electron chi connectivity index (χ3n) is 2.53. The van der Waals surface area contributed by atoms with Gasteiger partial charge in [-0.3, -0.25) is 4.79 Å². The van der Waals surface area contributed by atoms with Crippen molar-refractivity contribution in [1.29, 1.82) is 0 Å². The molecule has 0 aromatic carbocycles. The molecule has 108 valence electrons. The van der Waals surface area contributed by atoms with Gasteiger partial charge >= 0.3 is 0 Å². The van der Waals surface area contributed by atoms with Gasteiger partial charge in [0.05, 0.1) is 6.61 Å². The zero-order valence-corrected chi connectivity index (χ0v) is 12.5. The van der Waals surface area contributed by atoms with Crippen molar-refractivity contribution < 1.29 is 9.90 Å². The SMILES string of the molecule is CSCCCCNC(=O)c1ccc(C#CCCO)cn1. The molecule has 2 N–H and O–H groups in total. The molecular weight excluding hydrogens is 272 g/mol. The van der Waals surface area contributed by atoms with E-state index in [4.69, 9.17) is 5.11 Å². The Bertz CT molecular complexity index is 463. The van der Waals surface area contributed by atoms with Crippen LogP contribution in [0.25, 0.3) is 0 Å². The molecule has 1 rings (SSSR count). The summed E-state index contributed by atoms with van der Waals surface area (Å²) in [5, 5.41) is 11.5. The molecule has 20 heavy (non-hydrogen) atoms. The number of rotatable bonds is 7. The summed E-state index contributed by atoms with van der Waals surface area (Å²) >= 11 is 1.81. The van der Waals surface area contributed by atoms with Crippen LogP contribution in [0.15, 0.2) is 18.3 Å². The van der Waals surface area contributed by atoms with E-state index in [2.05, 4.69) is 28.4 Å². The van der Waals surface area contributed by atoms with Crippen LogP contribution in [-0.2, 0) is 0 Å². The van der Waals surface area contributed by atoms with Crippen LogP contribution in [0.3, 0.4) is 0 Å². The minimum atomic E-state index is -0.149. The normalized spacial score (nSPS) is 9.70. The van der Waals surface area contributed by atoms with Gasteiger partial charge in [-0.05, 0) is 37.0 Å². The minimum absolute atomic E-state index is 0.0530. The van der Waals surface area contributed by atoms with Crippen LogP contribution in [0, 0.1) is 11.8 Å². The van der Waals surface area contributed by atoms with Crippen LogP contribution in [-0.4, -0.2) is 41.2 Å². The fraction of sp³-hybridized carbons (Fsp3) is 0.467. The Morgan fingerprint density at radius 2 is 2.30 bits per heavy atom. The van der Waals surface area contributed by atoms with E-state index in [-0.39, 0.29) is 12.5 Å². The van der Waals surface area contributed by atoms with Gasteiger partial charge in [0.15, 0.2) is 0 Å². The number of aromatic nitrogens is 1. The maximum atomic E-state index is 11.8. The third kappa shape index (κ3) is 6.60. The van der Waals surface area contributed by atoms with Gasteiger partial charge < -0.3 is 10.4 Å². The molecular formula is C15H20N2O2S. The topological polar surface area (TPSA) is 62.2 Å². The molecule has 0 unspecified atom stereocenters. The molecule has 5 heteroatoms. The van der Waals surface area contributed by atoms with Gasteiger partial charge in [0.1, 0.15) is 5.69 Å². The average molecular weight is 292 g/mol. The second-order valence-corrected chi connectivity index (χ2v) is 5.15. The summed E-state index contributed by atoms with van der Waals surface area (Å²) in [5.74, 6) is 6.65. The Hall–Kier alpha value is -1.51. The van der Waals surface area contributed by atoms with Crippen molar-refractivity contribution in [1.82, 2.24) is 10.3 Å². The number of carbonyl (C=O) groups is 1. The Morgan fingerprint density at radius 3 is 2.95 bits per heavy atom. The second-order valence-electron chi connectivity index (χ2n) is 4.16. The first kappa shape index (κ1) is 16.5. The molecule has 0 fully saturated rings. The standard InChI is InChI=1S/C15H20N2O2S/c1-20-11-5-3-9-16-15(19)14-8-7-13(12-17-14)6-2-4-10-18/h7-8,12,18H,3-5,9-11H2,1H3,(H,16,19). The molecule has 0 atom stereocenters. The molecule has 1 heterocycles. The summed E-state index contributed by atoms with van der Waals surface area (Å²) in [6.45, 7) is 0.733. The molecule has 4 nitrogen and oxygen atoms in total. The predicted molar refractivity (Wildman–Crippen MR) is 82.8 cm³/mol. The van der Waals surface area contributed by atoms with Crippen LogP contribution in [0.2, 0.25) is 0 Å². The van der Waals surface area contributed by atoms with Gasteiger partial charge in [-0.15, -0.1) is 0 Å². The fourth-order valence-corrected chi connectivity index (χ4v) is 1.98. The van der Waals surface area contributed by atoms with Crippen LogP contribution < -0.4 is 5.32 Å². The number of hydrogen-bond donors (Lipinski definition) is 2. The van der Waals surface area contributed by atoms with Gasteiger partial charge in [-0.2, -0.15) is 11.8 Å². The highest BCUT2D eigenvalue weighted by Crippen LogP contribution is 2.01. The quantitative estimate of drug-likeness (QED) is 0.593. The van der Waals surface area contributed by atoms with Crippen molar-refractivity contribution in [2.75, 3.05) is 25.2 Å². The van der Waals surface area contributed by atoms with Crippen molar-refractivity contribution >= 4 is 17.7 Å². The maximum Gasteiger partial charge on any atom is 0.269 e. The largest absolute Gasteiger partial charge is 0.395 e. The zero-order valence-electron chi connectivity index (χ0n) is 11.7. The summed E-state index contributed by atoms with van der Waals surface area (Å²) in [4.78, 5) is 15.9. The lowest BCUT2D eigenvalue weighted by molar-refractivity contribution is 0.0948. The second kappa shape index (κ2) is 10.3. The molecule has 0 spiro atoms.